The summed E-state index contributed by atoms with van der Waals surface area (Å²) in [4.78, 5) is 22.5. The summed E-state index contributed by atoms with van der Waals surface area (Å²) >= 11 is 0. The van der Waals surface area contributed by atoms with Gasteiger partial charge in [0.15, 0.2) is 0 Å². The second-order valence-corrected chi connectivity index (χ2v) is 6.85. The molecule has 1 aliphatic heterocycles. The maximum atomic E-state index is 11.8. The zero-order valence-corrected chi connectivity index (χ0v) is 15.0. The van der Waals surface area contributed by atoms with Crippen LogP contribution in [0, 0.1) is 0 Å². The van der Waals surface area contributed by atoms with Crippen molar-refractivity contribution in [2.75, 3.05) is 30.3 Å². The minimum atomic E-state index is -0.207. The Morgan fingerprint density at radius 3 is 2.60 bits per heavy atom. The number of piperidine rings is 1. The number of nitrogens with one attached hydrogen (secondary N) is 2. The van der Waals surface area contributed by atoms with Gasteiger partial charge >= 0.3 is 6.09 Å². The molecular formula is C18H29N5O2. The zero-order chi connectivity index (χ0) is 17.5. The summed E-state index contributed by atoms with van der Waals surface area (Å²) < 4.78 is 5.06. The van der Waals surface area contributed by atoms with Gasteiger partial charge in [0.2, 0.25) is 5.95 Å². The fourth-order valence-corrected chi connectivity index (χ4v) is 3.57. The third-order valence-corrected chi connectivity index (χ3v) is 4.97. The third-order valence-electron chi connectivity index (χ3n) is 4.97. The molecule has 2 aliphatic rings. The zero-order valence-electron chi connectivity index (χ0n) is 15.0. The quantitative estimate of drug-likeness (QED) is 0.851. The van der Waals surface area contributed by atoms with Crippen LogP contribution in [0.4, 0.5) is 16.6 Å². The highest BCUT2D eigenvalue weighted by Crippen LogP contribution is 2.21. The summed E-state index contributed by atoms with van der Waals surface area (Å²) in [5.41, 5.74) is 0. The Hall–Kier alpha value is -2.05. The van der Waals surface area contributed by atoms with E-state index >= 15 is 0 Å². The number of rotatable bonds is 5. The van der Waals surface area contributed by atoms with Gasteiger partial charge in [-0.1, -0.05) is 19.3 Å². The second kappa shape index (κ2) is 8.87. The van der Waals surface area contributed by atoms with Gasteiger partial charge in [-0.25, -0.2) is 9.78 Å². The molecule has 1 aliphatic carbocycles. The van der Waals surface area contributed by atoms with Crippen LogP contribution < -0.4 is 10.6 Å². The van der Waals surface area contributed by atoms with E-state index in [9.17, 15) is 4.79 Å². The average Bonchev–Trinajstić information content (AvgIpc) is 2.64. The lowest BCUT2D eigenvalue weighted by Gasteiger charge is -2.31. The summed E-state index contributed by atoms with van der Waals surface area (Å²) in [5.74, 6) is 1.56. The van der Waals surface area contributed by atoms with Crippen LogP contribution in [0.15, 0.2) is 12.3 Å². The molecule has 1 aromatic heterocycles. The van der Waals surface area contributed by atoms with Crippen molar-refractivity contribution in [2.24, 2.45) is 0 Å². The van der Waals surface area contributed by atoms with Crippen molar-refractivity contribution in [3.05, 3.63) is 12.3 Å². The monoisotopic (exact) mass is 347 g/mol. The number of hydrogen-bond donors (Lipinski definition) is 2. The van der Waals surface area contributed by atoms with Gasteiger partial charge in [-0.05, 0) is 38.7 Å². The summed E-state index contributed by atoms with van der Waals surface area (Å²) in [6, 6.07) is 2.73. The summed E-state index contributed by atoms with van der Waals surface area (Å²) in [5, 5.41) is 6.94. The molecule has 2 fully saturated rings. The number of aromatic nitrogens is 2. The van der Waals surface area contributed by atoms with Crippen LogP contribution in [0.1, 0.15) is 51.9 Å². The first-order chi connectivity index (χ1) is 12.2. The topological polar surface area (TPSA) is 79.4 Å². The number of hydrogen-bond acceptors (Lipinski definition) is 6. The highest BCUT2D eigenvalue weighted by Gasteiger charge is 2.23. The Morgan fingerprint density at radius 1 is 1.16 bits per heavy atom. The molecule has 138 valence electrons. The Balaban J connectivity index is 1.48. The molecule has 7 heteroatoms. The van der Waals surface area contributed by atoms with Gasteiger partial charge in [0, 0.05) is 31.4 Å². The van der Waals surface area contributed by atoms with Crippen molar-refractivity contribution in [3.63, 3.8) is 0 Å². The number of nitrogens with zero attached hydrogens (tertiary/aromatic N) is 3. The molecule has 0 spiro atoms. The molecule has 1 amide bonds. The van der Waals surface area contributed by atoms with Gasteiger partial charge in [0.25, 0.3) is 0 Å². The normalized spacial score (nSPS) is 19.5. The van der Waals surface area contributed by atoms with E-state index in [0.29, 0.717) is 24.6 Å². The van der Waals surface area contributed by atoms with Gasteiger partial charge in [0.1, 0.15) is 5.82 Å². The van der Waals surface area contributed by atoms with Crippen LogP contribution in [0.3, 0.4) is 0 Å². The van der Waals surface area contributed by atoms with Gasteiger partial charge in [-0.2, -0.15) is 4.98 Å². The van der Waals surface area contributed by atoms with Crippen molar-refractivity contribution in [3.8, 4) is 0 Å². The average molecular weight is 347 g/mol. The lowest BCUT2D eigenvalue weighted by atomic mass is 9.96. The third kappa shape index (κ3) is 5.21. The minimum Gasteiger partial charge on any atom is -0.450 e. The molecule has 3 rings (SSSR count). The van der Waals surface area contributed by atoms with Crippen LogP contribution >= 0.6 is 0 Å². The molecular weight excluding hydrogens is 318 g/mol. The first kappa shape index (κ1) is 17.8. The van der Waals surface area contributed by atoms with Gasteiger partial charge in [-0.15, -0.1) is 0 Å². The molecule has 1 saturated heterocycles. The fourth-order valence-electron chi connectivity index (χ4n) is 3.57. The van der Waals surface area contributed by atoms with Crippen molar-refractivity contribution >= 4 is 17.9 Å². The molecule has 2 N–H and O–H groups in total. The molecule has 1 saturated carbocycles. The van der Waals surface area contributed by atoms with E-state index in [1.54, 1.807) is 11.1 Å². The second-order valence-electron chi connectivity index (χ2n) is 6.85. The number of carbonyl (C=O) groups is 1. The molecule has 7 nitrogen and oxygen atoms in total. The van der Waals surface area contributed by atoms with Crippen molar-refractivity contribution in [1.82, 2.24) is 14.9 Å². The van der Waals surface area contributed by atoms with Crippen LogP contribution in [0.2, 0.25) is 0 Å². The minimum absolute atomic E-state index is 0.207. The van der Waals surface area contributed by atoms with Crippen LogP contribution in [-0.2, 0) is 4.74 Å². The summed E-state index contributed by atoms with van der Waals surface area (Å²) in [7, 11) is 0. The Kier molecular flexibility index (Phi) is 6.30. The van der Waals surface area contributed by atoms with Crippen LogP contribution in [0.25, 0.3) is 0 Å². The van der Waals surface area contributed by atoms with E-state index in [1.807, 2.05) is 13.0 Å². The standard InChI is InChI=1S/C18H29N5O2/c1-2-25-18(24)23-12-9-15(10-13-23)20-16-8-11-19-17(22-16)21-14-6-4-3-5-7-14/h8,11,14-15H,2-7,9-10,12-13H2,1H3,(H2,19,20,21,22). The van der Waals surface area contributed by atoms with Crippen molar-refractivity contribution < 1.29 is 9.53 Å². The Bertz CT molecular complexity index is 554. The largest absolute Gasteiger partial charge is 0.450 e. The first-order valence-corrected chi connectivity index (χ1v) is 9.52. The number of amides is 1. The van der Waals surface area contributed by atoms with Crippen molar-refractivity contribution in [1.29, 1.82) is 0 Å². The van der Waals surface area contributed by atoms with Gasteiger partial charge in [0.05, 0.1) is 6.61 Å². The van der Waals surface area contributed by atoms with Gasteiger partial charge < -0.3 is 20.3 Å². The Morgan fingerprint density at radius 2 is 1.88 bits per heavy atom. The SMILES string of the molecule is CCOC(=O)N1CCC(Nc2ccnc(NC3CCCCC3)n2)CC1. The predicted molar refractivity (Wildman–Crippen MR) is 97.8 cm³/mol. The molecule has 0 bridgehead atoms. The molecule has 1 aromatic rings. The Labute approximate surface area is 149 Å². The number of ether oxygens (including phenoxy) is 1. The van der Waals surface area contributed by atoms with E-state index < -0.39 is 0 Å². The van der Waals surface area contributed by atoms with Crippen LogP contribution in [0.5, 0.6) is 0 Å². The van der Waals surface area contributed by atoms with E-state index in [1.165, 1.54) is 32.1 Å². The molecule has 0 aromatic carbocycles. The molecule has 0 unspecified atom stereocenters. The number of carbonyl (C=O) groups excluding carboxylic acids is 1. The molecule has 0 atom stereocenters. The maximum absolute atomic E-state index is 11.8. The summed E-state index contributed by atoms with van der Waals surface area (Å²) in [6.07, 6.45) is 9.70. The lowest BCUT2D eigenvalue weighted by molar-refractivity contribution is 0.0983. The van der Waals surface area contributed by atoms with Gasteiger partial charge in [-0.3, -0.25) is 0 Å². The van der Waals surface area contributed by atoms with E-state index in [4.69, 9.17) is 4.74 Å². The van der Waals surface area contributed by atoms with Crippen LogP contribution in [-0.4, -0.2) is 52.7 Å². The lowest BCUT2D eigenvalue weighted by Crippen LogP contribution is -2.42. The van der Waals surface area contributed by atoms with Crippen molar-refractivity contribution in [2.45, 2.75) is 64.0 Å². The van der Waals surface area contributed by atoms with E-state index in [-0.39, 0.29) is 6.09 Å². The molecule has 2 heterocycles. The van der Waals surface area contributed by atoms with E-state index in [0.717, 1.165) is 31.7 Å². The summed E-state index contributed by atoms with van der Waals surface area (Å²) in [6.45, 7) is 3.69. The molecule has 0 radical (unpaired) electrons. The highest BCUT2D eigenvalue weighted by atomic mass is 16.6. The predicted octanol–water partition coefficient (Wildman–Crippen LogP) is 3.25. The molecule has 25 heavy (non-hydrogen) atoms. The smallest absolute Gasteiger partial charge is 0.409 e. The first-order valence-electron chi connectivity index (χ1n) is 9.52. The highest BCUT2D eigenvalue weighted by molar-refractivity contribution is 5.67. The number of likely N-dealkylation sites (tertiary alicyclic amines) is 1. The van der Waals surface area contributed by atoms with E-state index in [2.05, 4.69) is 20.6 Å². The number of anilines is 2. The fraction of sp³-hybridized carbons (Fsp3) is 0.722. The maximum Gasteiger partial charge on any atom is 0.409 e.